The summed E-state index contributed by atoms with van der Waals surface area (Å²) >= 11 is 0. The van der Waals surface area contributed by atoms with Crippen LogP contribution in [0.25, 0.3) is 0 Å². The lowest BCUT2D eigenvalue weighted by Crippen LogP contribution is -2.06. The molecule has 0 aliphatic rings. The van der Waals surface area contributed by atoms with E-state index in [2.05, 4.69) is 10.1 Å². The van der Waals surface area contributed by atoms with Gasteiger partial charge in [0.15, 0.2) is 0 Å². The number of carbonyl (C=O) groups is 1. The molecule has 0 aliphatic heterocycles. The van der Waals surface area contributed by atoms with Crippen LogP contribution in [0.2, 0.25) is 0 Å². The van der Waals surface area contributed by atoms with Crippen LogP contribution in [0.3, 0.4) is 0 Å². The fourth-order valence-electron chi connectivity index (χ4n) is 0.966. The van der Waals surface area contributed by atoms with E-state index in [1.807, 2.05) is 13.8 Å². The zero-order chi connectivity index (χ0) is 10.6. The SMILES string of the molecule is CCOC(=O)c1noc(CC(C)C)n1. The van der Waals surface area contributed by atoms with E-state index in [-0.39, 0.29) is 5.82 Å². The number of rotatable bonds is 4. The summed E-state index contributed by atoms with van der Waals surface area (Å²) in [5.41, 5.74) is 0. The molecule has 0 bridgehead atoms. The maximum atomic E-state index is 11.1. The maximum absolute atomic E-state index is 11.1. The second-order valence-electron chi connectivity index (χ2n) is 3.33. The Balaban J connectivity index is 2.63. The molecule has 5 nitrogen and oxygen atoms in total. The molecule has 1 aromatic rings. The van der Waals surface area contributed by atoms with Gasteiger partial charge < -0.3 is 9.26 Å². The number of carbonyl (C=O) groups excluding carboxylic acids is 1. The molecule has 1 aromatic heterocycles. The van der Waals surface area contributed by atoms with E-state index in [1.54, 1.807) is 6.92 Å². The van der Waals surface area contributed by atoms with Crippen molar-refractivity contribution in [3.8, 4) is 0 Å². The van der Waals surface area contributed by atoms with Crippen LogP contribution in [0.1, 0.15) is 37.3 Å². The molecule has 0 unspecified atom stereocenters. The van der Waals surface area contributed by atoms with Gasteiger partial charge in [-0.15, -0.1) is 0 Å². The Morgan fingerprint density at radius 1 is 1.57 bits per heavy atom. The molecule has 0 atom stereocenters. The summed E-state index contributed by atoms with van der Waals surface area (Å²) in [5, 5.41) is 3.53. The third-order valence-electron chi connectivity index (χ3n) is 1.51. The van der Waals surface area contributed by atoms with Gasteiger partial charge in [0, 0.05) is 6.42 Å². The molecule has 1 rings (SSSR count). The van der Waals surface area contributed by atoms with E-state index in [1.165, 1.54) is 0 Å². The van der Waals surface area contributed by atoms with Crippen LogP contribution in [-0.2, 0) is 11.2 Å². The average molecular weight is 198 g/mol. The smallest absolute Gasteiger partial charge is 0.379 e. The number of hydrogen-bond acceptors (Lipinski definition) is 5. The quantitative estimate of drug-likeness (QED) is 0.685. The Hall–Kier alpha value is -1.39. The highest BCUT2D eigenvalue weighted by atomic mass is 16.5. The number of nitrogens with zero attached hydrogens (tertiary/aromatic N) is 2. The lowest BCUT2D eigenvalue weighted by molar-refractivity contribution is 0.0508. The summed E-state index contributed by atoms with van der Waals surface area (Å²) in [5.74, 6) is 0.363. The summed E-state index contributed by atoms with van der Waals surface area (Å²) in [6, 6.07) is 0. The Kier molecular flexibility index (Phi) is 3.62. The van der Waals surface area contributed by atoms with Crippen molar-refractivity contribution < 1.29 is 14.1 Å². The van der Waals surface area contributed by atoms with Crippen molar-refractivity contribution in [2.75, 3.05) is 6.61 Å². The molecular formula is C9H14N2O3. The summed E-state index contributed by atoms with van der Waals surface area (Å²) in [6.07, 6.45) is 0.673. The fraction of sp³-hybridized carbons (Fsp3) is 0.667. The van der Waals surface area contributed by atoms with Crippen molar-refractivity contribution in [2.24, 2.45) is 5.92 Å². The van der Waals surface area contributed by atoms with Crippen LogP contribution in [0.5, 0.6) is 0 Å². The highest BCUT2D eigenvalue weighted by Gasteiger charge is 2.15. The molecule has 0 spiro atoms. The minimum absolute atomic E-state index is 0.00231. The van der Waals surface area contributed by atoms with Gasteiger partial charge in [0.2, 0.25) is 5.89 Å². The van der Waals surface area contributed by atoms with Gasteiger partial charge in [0.05, 0.1) is 6.61 Å². The summed E-state index contributed by atoms with van der Waals surface area (Å²) in [4.78, 5) is 15.1. The predicted octanol–water partition coefficient (Wildman–Crippen LogP) is 1.44. The predicted molar refractivity (Wildman–Crippen MR) is 48.8 cm³/mol. The van der Waals surface area contributed by atoms with Gasteiger partial charge in [-0.2, -0.15) is 4.98 Å². The maximum Gasteiger partial charge on any atom is 0.379 e. The van der Waals surface area contributed by atoms with E-state index in [0.29, 0.717) is 24.8 Å². The zero-order valence-corrected chi connectivity index (χ0v) is 8.61. The van der Waals surface area contributed by atoms with E-state index < -0.39 is 5.97 Å². The van der Waals surface area contributed by atoms with Crippen molar-refractivity contribution in [3.05, 3.63) is 11.7 Å². The van der Waals surface area contributed by atoms with Crippen LogP contribution >= 0.6 is 0 Å². The van der Waals surface area contributed by atoms with Gasteiger partial charge in [-0.3, -0.25) is 0 Å². The topological polar surface area (TPSA) is 65.2 Å². The molecule has 0 aromatic carbocycles. The Morgan fingerprint density at radius 2 is 2.29 bits per heavy atom. The van der Waals surface area contributed by atoms with Crippen LogP contribution in [0.4, 0.5) is 0 Å². The van der Waals surface area contributed by atoms with Crippen molar-refractivity contribution in [1.82, 2.24) is 10.1 Å². The summed E-state index contributed by atoms with van der Waals surface area (Å²) in [7, 11) is 0. The first-order chi connectivity index (χ1) is 6.63. The highest BCUT2D eigenvalue weighted by Crippen LogP contribution is 2.06. The van der Waals surface area contributed by atoms with Gasteiger partial charge in [0.25, 0.3) is 5.82 Å². The number of hydrogen-bond donors (Lipinski definition) is 0. The highest BCUT2D eigenvalue weighted by molar-refractivity contribution is 5.84. The largest absolute Gasteiger partial charge is 0.460 e. The monoisotopic (exact) mass is 198 g/mol. The lowest BCUT2D eigenvalue weighted by Gasteiger charge is -1.96. The van der Waals surface area contributed by atoms with E-state index in [9.17, 15) is 4.79 Å². The van der Waals surface area contributed by atoms with Crippen molar-refractivity contribution in [3.63, 3.8) is 0 Å². The third kappa shape index (κ3) is 2.83. The first kappa shape index (κ1) is 10.7. The van der Waals surface area contributed by atoms with Crippen LogP contribution in [0, 0.1) is 5.92 Å². The van der Waals surface area contributed by atoms with E-state index in [0.717, 1.165) is 0 Å². The van der Waals surface area contributed by atoms with Crippen molar-refractivity contribution in [1.29, 1.82) is 0 Å². The zero-order valence-electron chi connectivity index (χ0n) is 8.61. The van der Waals surface area contributed by atoms with E-state index >= 15 is 0 Å². The Bertz CT molecular complexity index is 307. The van der Waals surface area contributed by atoms with Gasteiger partial charge in [-0.05, 0) is 18.0 Å². The summed E-state index contributed by atoms with van der Waals surface area (Å²) in [6.45, 7) is 6.11. The molecule has 0 N–H and O–H groups in total. The lowest BCUT2D eigenvalue weighted by atomic mass is 10.1. The minimum atomic E-state index is -0.536. The fourth-order valence-corrected chi connectivity index (χ4v) is 0.966. The van der Waals surface area contributed by atoms with Gasteiger partial charge in [0.1, 0.15) is 0 Å². The second kappa shape index (κ2) is 4.74. The normalized spacial score (nSPS) is 10.6. The first-order valence-electron chi connectivity index (χ1n) is 4.63. The Labute approximate surface area is 82.4 Å². The summed E-state index contributed by atoms with van der Waals surface area (Å²) < 4.78 is 9.60. The average Bonchev–Trinajstić information content (AvgIpc) is 2.52. The number of esters is 1. The molecule has 0 radical (unpaired) electrons. The molecule has 0 saturated carbocycles. The van der Waals surface area contributed by atoms with Crippen molar-refractivity contribution in [2.45, 2.75) is 27.2 Å². The van der Waals surface area contributed by atoms with E-state index in [4.69, 9.17) is 9.26 Å². The molecular weight excluding hydrogens is 184 g/mol. The number of aromatic nitrogens is 2. The standard InChI is InChI=1S/C9H14N2O3/c1-4-13-9(12)8-10-7(14-11-8)5-6(2)3/h6H,4-5H2,1-3H3. The molecule has 14 heavy (non-hydrogen) atoms. The molecule has 1 heterocycles. The molecule has 0 saturated heterocycles. The van der Waals surface area contributed by atoms with Gasteiger partial charge in [-0.1, -0.05) is 13.8 Å². The Morgan fingerprint density at radius 3 is 2.86 bits per heavy atom. The van der Waals surface area contributed by atoms with Crippen LogP contribution < -0.4 is 0 Å². The molecule has 5 heteroatoms. The molecule has 0 amide bonds. The first-order valence-corrected chi connectivity index (χ1v) is 4.63. The second-order valence-corrected chi connectivity index (χ2v) is 3.33. The van der Waals surface area contributed by atoms with Crippen LogP contribution in [0.15, 0.2) is 4.52 Å². The van der Waals surface area contributed by atoms with Crippen molar-refractivity contribution >= 4 is 5.97 Å². The molecule has 0 aliphatic carbocycles. The molecule has 0 fully saturated rings. The minimum Gasteiger partial charge on any atom is -0.460 e. The van der Waals surface area contributed by atoms with Gasteiger partial charge in [-0.25, -0.2) is 4.79 Å². The van der Waals surface area contributed by atoms with Gasteiger partial charge >= 0.3 is 5.97 Å². The number of ether oxygens (including phenoxy) is 1. The molecule has 78 valence electrons. The third-order valence-corrected chi connectivity index (χ3v) is 1.51. The van der Waals surface area contributed by atoms with Crippen LogP contribution in [-0.4, -0.2) is 22.7 Å².